The van der Waals surface area contributed by atoms with Crippen molar-refractivity contribution in [1.82, 2.24) is 14.5 Å². The SMILES string of the molecule is C=C/C=C(\C=C)c1ccc2c(c1)c1ccccc1c1ccccc1c1cc(-c3ccccc3)ccc1n2-c1nc2ccccc2nc1-c1ccccc1. The van der Waals surface area contributed by atoms with Gasteiger partial charge in [0.05, 0.1) is 22.1 Å². The van der Waals surface area contributed by atoms with E-state index in [1.165, 1.54) is 0 Å². The minimum Gasteiger partial charge on any atom is -0.292 e. The van der Waals surface area contributed by atoms with Crippen molar-refractivity contribution in [3.63, 3.8) is 0 Å². The van der Waals surface area contributed by atoms with Crippen LogP contribution in [0.1, 0.15) is 5.56 Å². The van der Waals surface area contributed by atoms with Crippen LogP contribution in [-0.4, -0.2) is 14.5 Å². The van der Waals surface area contributed by atoms with Crippen LogP contribution in [0.4, 0.5) is 0 Å². The molecule has 0 amide bonds. The highest BCUT2D eigenvalue weighted by atomic mass is 15.1. The number of aromatic nitrogens is 3. The molecule has 3 heteroatoms. The summed E-state index contributed by atoms with van der Waals surface area (Å²) in [5, 5.41) is 6.74. The van der Waals surface area contributed by atoms with Gasteiger partial charge in [0.1, 0.15) is 5.69 Å². The van der Waals surface area contributed by atoms with Crippen LogP contribution in [0.2, 0.25) is 0 Å². The zero-order valence-corrected chi connectivity index (χ0v) is 29.2. The maximum atomic E-state index is 5.49. The van der Waals surface area contributed by atoms with Crippen molar-refractivity contribution in [2.45, 2.75) is 0 Å². The smallest absolute Gasteiger partial charge is 0.165 e. The zero-order chi connectivity index (χ0) is 35.7. The summed E-state index contributed by atoms with van der Waals surface area (Å²) in [5.74, 6) is 0.750. The van der Waals surface area contributed by atoms with Crippen LogP contribution >= 0.6 is 0 Å². The second-order valence-corrected chi connectivity index (χ2v) is 13.1. The van der Waals surface area contributed by atoms with Gasteiger partial charge in [-0.15, -0.1) is 0 Å². The first kappa shape index (κ1) is 31.9. The molecular weight excluding hydrogens is 643 g/mol. The van der Waals surface area contributed by atoms with Crippen molar-refractivity contribution >= 4 is 60.0 Å². The van der Waals surface area contributed by atoms with Gasteiger partial charge < -0.3 is 0 Å². The van der Waals surface area contributed by atoms with Gasteiger partial charge in [0.15, 0.2) is 5.82 Å². The summed E-state index contributed by atoms with van der Waals surface area (Å²) in [5.41, 5.74) is 9.80. The fourth-order valence-electron chi connectivity index (χ4n) is 7.49. The molecular formula is C50H35N3. The molecule has 0 unspecified atom stereocenters. The molecule has 0 N–H and O–H groups in total. The van der Waals surface area contributed by atoms with Gasteiger partial charge in [-0.1, -0.05) is 165 Å². The molecule has 9 rings (SSSR count). The summed E-state index contributed by atoms with van der Waals surface area (Å²) >= 11 is 0. The largest absolute Gasteiger partial charge is 0.292 e. The van der Waals surface area contributed by atoms with Crippen LogP contribution < -0.4 is 0 Å². The highest BCUT2D eigenvalue weighted by Gasteiger charge is 2.18. The van der Waals surface area contributed by atoms with Gasteiger partial charge in [0.2, 0.25) is 0 Å². The van der Waals surface area contributed by atoms with Crippen LogP contribution in [-0.2, 0) is 0 Å². The summed E-state index contributed by atoms with van der Waals surface area (Å²) in [6, 6.07) is 60.0. The molecule has 7 aromatic carbocycles. The van der Waals surface area contributed by atoms with Crippen LogP contribution in [0.5, 0.6) is 0 Å². The van der Waals surface area contributed by atoms with E-state index in [1.54, 1.807) is 0 Å². The van der Waals surface area contributed by atoms with Crippen LogP contribution in [0, 0.1) is 0 Å². The van der Waals surface area contributed by atoms with E-state index in [9.17, 15) is 0 Å². The van der Waals surface area contributed by atoms with Gasteiger partial charge in [-0.3, -0.25) is 4.57 Å². The number of rotatable bonds is 6. The molecule has 0 radical (unpaired) electrons. The minimum atomic E-state index is 0.750. The lowest BCUT2D eigenvalue weighted by Gasteiger charge is -2.18. The Morgan fingerprint density at radius 3 is 1.57 bits per heavy atom. The van der Waals surface area contributed by atoms with Gasteiger partial charge >= 0.3 is 0 Å². The first-order chi connectivity index (χ1) is 26.2. The molecule has 0 aliphatic carbocycles. The molecule has 0 saturated carbocycles. The lowest BCUT2D eigenvalue weighted by atomic mass is 9.98. The molecule has 0 bridgehead atoms. The Balaban J connectivity index is 1.60. The first-order valence-electron chi connectivity index (χ1n) is 17.8. The van der Waals surface area contributed by atoms with E-state index in [-0.39, 0.29) is 0 Å². The number of fused-ring (bicyclic) bond motifs is 8. The van der Waals surface area contributed by atoms with Crippen molar-refractivity contribution in [3.8, 4) is 28.2 Å². The molecule has 53 heavy (non-hydrogen) atoms. The third-order valence-corrected chi connectivity index (χ3v) is 9.97. The summed E-state index contributed by atoms with van der Waals surface area (Å²) < 4.78 is 2.33. The van der Waals surface area contributed by atoms with E-state index in [2.05, 4.69) is 157 Å². The summed E-state index contributed by atoms with van der Waals surface area (Å²) in [6.45, 7) is 8.13. The van der Waals surface area contributed by atoms with Crippen LogP contribution in [0.3, 0.4) is 0 Å². The monoisotopic (exact) mass is 677 g/mol. The fourth-order valence-corrected chi connectivity index (χ4v) is 7.49. The molecule has 0 atom stereocenters. The predicted octanol–water partition coefficient (Wildman–Crippen LogP) is 13.2. The van der Waals surface area contributed by atoms with E-state index in [1.807, 2.05) is 48.6 Å². The Morgan fingerprint density at radius 1 is 0.453 bits per heavy atom. The lowest BCUT2D eigenvalue weighted by Crippen LogP contribution is -2.06. The second kappa shape index (κ2) is 13.6. The standard InChI is InChI=1S/C50H35N3/c1-3-17-34(4-2)37-28-30-47-43(32-37)41-24-13-11-22-39(41)40-23-12-14-25-42(40)44-33-38(35-18-7-5-8-19-35)29-31-48(44)53(47)50-49(36-20-9-6-10-21-36)51-45-26-15-16-27-46(45)52-50/h3-33H,1-2H2/b34-17+. The van der Waals surface area contributed by atoms with E-state index in [0.29, 0.717) is 0 Å². The Labute approximate surface area is 308 Å². The van der Waals surface area contributed by atoms with Gasteiger partial charge in [0.25, 0.3) is 0 Å². The zero-order valence-electron chi connectivity index (χ0n) is 29.2. The van der Waals surface area contributed by atoms with Gasteiger partial charge in [0, 0.05) is 16.3 Å². The summed E-state index contributed by atoms with van der Waals surface area (Å²) in [6.07, 6.45) is 5.71. The Morgan fingerprint density at radius 2 is 0.962 bits per heavy atom. The topological polar surface area (TPSA) is 30.7 Å². The quantitative estimate of drug-likeness (QED) is 0.164. The van der Waals surface area contributed by atoms with Crippen molar-refractivity contribution in [3.05, 3.63) is 207 Å². The second-order valence-electron chi connectivity index (χ2n) is 13.1. The van der Waals surface area contributed by atoms with Crippen molar-refractivity contribution < 1.29 is 0 Å². The van der Waals surface area contributed by atoms with Gasteiger partial charge in [-0.25, -0.2) is 9.97 Å². The van der Waals surface area contributed by atoms with Crippen molar-refractivity contribution in [2.24, 2.45) is 0 Å². The van der Waals surface area contributed by atoms with E-state index in [0.717, 1.165) is 93.7 Å². The maximum Gasteiger partial charge on any atom is 0.165 e. The molecule has 0 aliphatic heterocycles. The van der Waals surface area contributed by atoms with Crippen molar-refractivity contribution in [2.75, 3.05) is 0 Å². The molecule has 250 valence electrons. The Hall–Kier alpha value is -7.10. The molecule has 2 heterocycles. The molecule has 0 spiro atoms. The molecule has 0 aliphatic rings. The van der Waals surface area contributed by atoms with Crippen molar-refractivity contribution in [1.29, 1.82) is 0 Å². The van der Waals surface area contributed by atoms with E-state index < -0.39 is 0 Å². The molecule has 3 nitrogen and oxygen atoms in total. The normalized spacial score (nSPS) is 11.7. The molecule has 2 aromatic heterocycles. The first-order valence-corrected chi connectivity index (χ1v) is 17.8. The number of hydrogen-bond acceptors (Lipinski definition) is 2. The van der Waals surface area contributed by atoms with Crippen LogP contribution in [0.15, 0.2) is 201 Å². The summed E-state index contributed by atoms with van der Waals surface area (Å²) in [4.78, 5) is 10.8. The number of benzene rings is 7. The van der Waals surface area contributed by atoms with E-state index >= 15 is 0 Å². The summed E-state index contributed by atoms with van der Waals surface area (Å²) in [7, 11) is 0. The van der Waals surface area contributed by atoms with Gasteiger partial charge in [-0.05, 0) is 80.2 Å². The highest BCUT2D eigenvalue weighted by molar-refractivity contribution is 6.20. The minimum absolute atomic E-state index is 0.750. The van der Waals surface area contributed by atoms with E-state index in [4.69, 9.17) is 9.97 Å². The lowest BCUT2D eigenvalue weighted by molar-refractivity contribution is 1.07. The highest BCUT2D eigenvalue weighted by Crippen LogP contribution is 2.38. The number of para-hydroxylation sites is 2. The Kier molecular flexibility index (Phi) is 8.15. The third kappa shape index (κ3) is 5.65. The average molecular weight is 678 g/mol. The Bertz CT molecular complexity index is 2970. The number of nitrogens with zero attached hydrogens (tertiary/aromatic N) is 3. The average Bonchev–Trinajstić information content (AvgIpc) is 3.27. The number of allylic oxidation sites excluding steroid dienone is 4. The maximum absolute atomic E-state index is 5.49. The third-order valence-electron chi connectivity index (χ3n) is 9.97. The fraction of sp³-hybridized carbons (Fsp3) is 0. The predicted molar refractivity (Wildman–Crippen MR) is 226 cm³/mol. The number of hydrogen-bond donors (Lipinski definition) is 0. The molecule has 9 aromatic rings. The van der Waals surface area contributed by atoms with Gasteiger partial charge in [-0.2, -0.15) is 0 Å². The molecule has 0 saturated heterocycles. The van der Waals surface area contributed by atoms with Crippen LogP contribution in [0.25, 0.3) is 88.2 Å². The molecule has 0 fully saturated rings.